The molecule has 0 radical (unpaired) electrons. The van der Waals surface area contributed by atoms with Gasteiger partial charge in [0.1, 0.15) is 5.03 Å². The van der Waals surface area contributed by atoms with E-state index in [1.165, 1.54) is 10.6 Å². The van der Waals surface area contributed by atoms with Gasteiger partial charge in [-0.1, -0.05) is 13.8 Å². The lowest BCUT2D eigenvalue weighted by Crippen LogP contribution is -2.14. The second kappa shape index (κ2) is 3.81. The van der Waals surface area contributed by atoms with Crippen LogP contribution in [0.25, 0.3) is 0 Å². The van der Waals surface area contributed by atoms with Gasteiger partial charge in [0.25, 0.3) is 0 Å². The van der Waals surface area contributed by atoms with Crippen molar-refractivity contribution in [1.29, 1.82) is 0 Å². The van der Waals surface area contributed by atoms with Crippen LogP contribution in [0.2, 0.25) is 0 Å². The molecule has 1 aromatic rings. The summed E-state index contributed by atoms with van der Waals surface area (Å²) in [6.45, 7) is 3.57. The first-order valence-corrected chi connectivity index (χ1v) is 6.54. The van der Waals surface area contributed by atoms with Crippen LogP contribution in [0.4, 0.5) is 0 Å². The van der Waals surface area contributed by atoms with Gasteiger partial charge < -0.3 is 4.57 Å². The highest BCUT2D eigenvalue weighted by Gasteiger charge is 2.19. The van der Waals surface area contributed by atoms with E-state index in [2.05, 4.69) is 0 Å². The van der Waals surface area contributed by atoms with Gasteiger partial charge in [0.2, 0.25) is 0 Å². The van der Waals surface area contributed by atoms with E-state index < -0.39 is 9.84 Å². The number of rotatable bonds is 3. The van der Waals surface area contributed by atoms with Gasteiger partial charge in [0.05, 0.1) is 5.69 Å². The second-order valence-corrected chi connectivity index (χ2v) is 5.87. The number of hydrogen-bond donors (Lipinski definition) is 0. The molecule has 0 amide bonds. The van der Waals surface area contributed by atoms with Crippen molar-refractivity contribution in [2.45, 2.75) is 18.9 Å². The quantitative estimate of drug-likeness (QED) is 0.733. The van der Waals surface area contributed by atoms with E-state index in [9.17, 15) is 13.2 Å². The predicted octanol–water partition coefficient (Wildman–Crippen LogP) is 1.27. The molecule has 84 valence electrons. The molecular weight excluding hydrogens is 214 g/mol. The van der Waals surface area contributed by atoms with Crippen molar-refractivity contribution in [3.63, 3.8) is 0 Å². The summed E-state index contributed by atoms with van der Waals surface area (Å²) in [6, 6.07) is 3.02. The maximum atomic E-state index is 11.7. The van der Waals surface area contributed by atoms with E-state index in [0.717, 1.165) is 6.26 Å². The lowest BCUT2D eigenvalue weighted by atomic mass is 10.1. The summed E-state index contributed by atoms with van der Waals surface area (Å²) in [7, 11) is -1.67. The van der Waals surface area contributed by atoms with Crippen LogP contribution in [0.1, 0.15) is 24.3 Å². The number of carbonyl (C=O) groups excluding carboxylic acids is 1. The minimum atomic E-state index is -3.26. The summed E-state index contributed by atoms with van der Waals surface area (Å²) in [5.41, 5.74) is 0.436. The van der Waals surface area contributed by atoms with Crippen LogP contribution in [-0.4, -0.2) is 25.0 Å². The molecule has 15 heavy (non-hydrogen) atoms. The fourth-order valence-electron chi connectivity index (χ4n) is 1.41. The summed E-state index contributed by atoms with van der Waals surface area (Å²) < 4.78 is 24.1. The third-order valence-electron chi connectivity index (χ3n) is 2.23. The molecule has 1 heterocycles. The van der Waals surface area contributed by atoms with Crippen molar-refractivity contribution < 1.29 is 13.2 Å². The molecule has 4 nitrogen and oxygen atoms in total. The minimum Gasteiger partial charge on any atom is -0.332 e. The lowest BCUT2D eigenvalue weighted by Gasteiger charge is -2.07. The van der Waals surface area contributed by atoms with Crippen LogP contribution in [0.15, 0.2) is 17.2 Å². The highest BCUT2D eigenvalue weighted by Crippen LogP contribution is 2.16. The van der Waals surface area contributed by atoms with Crippen LogP contribution in [0, 0.1) is 5.92 Å². The number of hydrogen-bond acceptors (Lipinski definition) is 3. The summed E-state index contributed by atoms with van der Waals surface area (Å²) in [5.74, 6) is -0.182. The fraction of sp³-hybridized carbons (Fsp3) is 0.500. The van der Waals surface area contributed by atoms with Gasteiger partial charge in [-0.05, 0) is 12.1 Å². The Morgan fingerprint density at radius 2 is 1.87 bits per heavy atom. The zero-order valence-electron chi connectivity index (χ0n) is 9.31. The number of aromatic nitrogens is 1. The SMILES string of the molecule is CC(C)C(=O)c1ccc(S(C)(=O)=O)n1C. The molecule has 0 aromatic carbocycles. The van der Waals surface area contributed by atoms with E-state index in [1.54, 1.807) is 27.0 Å². The Bertz CT molecular complexity index is 483. The van der Waals surface area contributed by atoms with Crippen LogP contribution >= 0.6 is 0 Å². The van der Waals surface area contributed by atoms with Crippen molar-refractivity contribution in [3.05, 3.63) is 17.8 Å². The van der Waals surface area contributed by atoms with E-state index >= 15 is 0 Å². The minimum absolute atomic E-state index is 0.0487. The Hall–Kier alpha value is -1.10. The van der Waals surface area contributed by atoms with Gasteiger partial charge in [-0.25, -0.2) is 8.42 Å². The van der Waals surface area contributed by atoms with E-state index in [0.29, 0.717) is 5.69 Å². The maximum Gasteiger partial charge on any atom is 0.190 e. The highest BCUT2D eigenvalue weighted by molar-refractivity contribution is 7.90. The standard InChI is InChI=1S/C10H15NO3S/c1-7(2)10(12)8-5-6-9(11(8)3)15(4,13)14/h5-7H,1-4H3. The molecule has 0 saturated heterocycles. The van der Waals surface area contributed by atoms with Gasteiger partial charge in [-0.2, -0.15) is 0 Å². The number of ketones is 1. The zero-order valence-corrected chi connectivity index (χ0v) is 10.1. The molecule has 1 aromatic heterocycles. The molecule has 0 N–H and O–H groups in total. The topological polar surface area (TPSA) is 56.1 Å². The van der Waals surface area contributed by atoms with E-state index in [1.807, 2.05) is 0 Å². The van der Waals surface area contributed by atoms with Crippen LogP contribution in [0.3, 0.4) is 0 Å². The maximum absolute atomic E-state index is 11.7. The fourth-order valence-corrected chi connectivity index (χ4v) is 2.32. The Labute approximate surface area is 89.8 Å². The van der Waals surface area contributed by atoms with Gasteiger partial charge in [0.15, 0.2) is 15.6 Å². The predicted molar refractivity (Wildman–Crippen MR) is 57.7 cm³/mol. The van der Waals surface area contributed by atoms with Crippen molar-refractivity contribution in [1.82, 2.24) is 4.57 Å². The molecule has 0 bridgehead atoms. The molecule has 0 spiro atoms. The first kappa shape index (κ1) is 12.0. The van der Waals surface area contributed by atoms with E-state index in [4.69, 9.17) is 0 Å². The summed E-state index contributed by atoms with van der Waals surface area (Å²) in [5, 5.41) is 0.173. The Morgan fingerprint density at radius 3 is 2.20 bits per heavy atom. The average molecular weight is 229 g/mol. The monoisotopic (exact) mass is 229 g/mol. The lowest BCUT2D eigenvalue weighted by molar-refractivity contribution is 0.0930. The smallest absolute Gasteiger partial charge is 0.190 e. The van der Waals surface area contributed by atoms with E-state index in [-0.39, 0.29) is 16.7 Å². The van der Waals surface area contributed by atoms with Crippen molar-refractivity contribution in [2.75, 3.05) is 6.26 Å². The Morgan fingerprint density at radius 1 is 1.33 bits per heavy atom. The zero-order chi connectivity index (χ0) is 11.8. The second-order valence-electron chi connectivity index (χ2n) is 3.91. The number of sulfone groups is 1. The molecule has 1 rings (SSSR count). The summed E-state index contributed by atoms with van der Waals surface area (Å²) in [4.78, 5) is 11.7. The third-order valence-corrected chi connectivity index (χ3v) is 3.40. The molecule has 0 aliphatic heterocycles. The van der Waals surface area contributed by atoms with Crippen molar-refractivity contribution in [2.24, 2.45) is 13.0 Å². The Balaban J connectivity index is 3.28. The largest absolute Gasteiger partial charge is 0.332 e. The molecule has 0 aliphatic carbocycles. The molecule has 0 fully saturated rings. The van der Waals surface area contributed by atoms with Crippen molar-refractivity contribution >= 4 is 15.6 Å². The summed E-state index contributed by atoms with van der Waals surface area (Å²) in [6.07, 6.45) is 1.13. The van der Waals surface area contributed by atoms with Gasteiger partial charge in [-0.15, -0.1) is 0 Å². The first-order chi connectivity index (χ1) is 6.75. The average Bonchev–Trinajstić information content (AvgIpc) is 2.44. The van der Waals surface area contributed by atoms with Crippen LogP contribution in [-0.2, 0) is 16.9 Å². The molecule has 0 aliphatic rings. The molecule has 0 unspecified atom stereocenters. The molecular formula is C10H15NO3S. The number of nitrogens with zero attached hydrogens (tertiary/aromatic N) is 1. The Kier molecular flexibility index (Phi) is 3.04. The normalized spacial score (nSPS) is 12.1. The molecule has 0 saturated carbocycles. The molecule has 5 heteroatoms. The number of carbonyl (C=O) groups is 1. The van der Waals surface area contributed by atoms with Crippen molar-refractivity contribution in [3.8, 4) is 0 Å². The van der Waals surface area contributed by atoms with Crippen LogP contribution < -0.4 is 0 Å². The highest BCUT2D eigenvalue weighted by atomic mass is 32.2. The summed E-state index contributed by atoms with van der Waals surface area (Å²) >= 11 is 0. The first-order valence-electron chi connectivity index (χ1n) is 4.65. The van der Waals surface area contributed by atoms with Crippen LogP contribution in [0.5, 0.6) is 0 Å². The van der Waals surface area contributed by atoms with Gasteiger partial charge in [0, 0.05) is 19.2 Å². The van der Waals surface area contributed by atoms with Gasteiger partial charge in [-0.3, -0.25) is 4.79 Å². The number of Topliss-reactive ketones (excluding diaryl/α,β-unsaturated/α-hetero) is 1. The molecule has 0 atom stereocenters. The third kappa shape index (κ3) is 2.28. The van der Waals surface area contributed by atoms with Gasteiger partial charge >= 0.3 is 0 Å².